The number of halogens is 2. The van der Waals surface area contributed by atoms with Gasteiger partial charge in [0.05, 0.1) is 13.2 Å². The van der Waals surface area contributed by atoms with Gasteiger partial charge in [-0.15, -0.1) is 11.6 Å². The molecular weight excluding hydrogens is 251 g/mol. The number of ether oxygens (including phenoxy) is 1. The molecule has 0 heterocycles. The van der Waals surface area contributed by atoms with Crippen LogP contribution in [0.1, 0.15) is 18.1 Å². The Hall–Kier alpha value is -0.480. The van der Waals surface area contributed by atoms with Crippen LogP contribution in [-0.2, 0) is 0 Å². The van der Waals surface area contributed by atoms with Crippen molar-refractivity contribution in [2.24, 2.45) is 0 Å². The van der Waals surface area contributed by atoms with Gasteiger partial charge in [-0.3, -0.25) is 0 Å². The lowest BCUT2D eigenvalue weighted by molar-refractivity contribution is 0.0169. The summed E-state index contributed by atoms with van der Waals surface area (Å²) in [7, 11) is 1.51. The van der Waals surface area contributed by atoms with Gasteiger partial charge in [-0.1, -0.05) is 11.6 Å². The quantitative estimate of drug-likeness (QED) is 0.803. The summed E-state index contributed by atoms with van der Waals surface area (Å²) in [4.78, 5) is 0. The molecule has 0 amide bonds. The third kappa shape index (κ3) is 3.52. The standard InChI is InChI=1S/C11H14Cl2O3/c1-16-9-5-7(4-8(13)6-9)11(15)10(14)2-3-12/h4-6,10-11,14-15H,2-3H2,1H3. The van der Waals surface area contributed by atoms with E-state index >= 15 is 0 Å². The molecule has 3 nitrogen and oxygen atoms in total. The fourth-order valence-corrected chi connectivity index (χ4v) is 1.82. The average Bonchev–Trinajstić information content (AvgIpc) is 2.27. The lowest BCUT2D eigenvalue weighted by Gasteiger charge is -2.18. The van der Waals surface area contributed by atoms with Gasteiger partial charge in [-0.05, 0) is 30.2 Å². The van der Waals surface area contributed by atoms with Crippen molar-refractivity contribution >= 4 is 23.2 Å². The molecule has 0 aromatic heterocycles. The van der Waals surface area contributed by atoms with Gasteiger partial charge in [-0.25, -0.2) is 0 Å². The zero-order valence-electron chi connectivity index (χ0n) is 8.86. The maximum atomic E-state index is 9.84. The summed E-state index contributed by atoms with van der Waals surface area (Å²) in [5, 5.41) is 19.9. The molecule has 90 valence electrons. The second kappa shape index (κ2) is 6.30. The number of hydrogen-bond donors (Lipinski definition) is 2. The Balaban J connectivity index is 2.89. The first-order chi connectivity index (χ1) is 7.58. The molecule has 0 aliphatic carbocycles. The van der Waals surface area contributed by atoms with Crippen LogP contribution in [0.2, 0.25) is 5.02 Å². The van der Waals surface area contributed by atoms with Crippen LogP contribution in [0.25, 0.3) is 0 Å². The second-order valence-corrected chi connectivity index (χ2v) is 4.23. The summed E-state index contributed by atoms with van der Waals surface area (Å²) in [6.07, 6.45) is -1.59. The van der Waals surface area contributed by atoms with Crippen LogP contribution < -0.4 is 4.74 Å². The van der Waals surface area contributed by atoms with E-state index in [-0.39, 0.29) is 5.88 Å². The van der Waals surface area contributed by atoms with E-state index in [1.807, 2.05) is 0 Å². The predicted molar refractivity (Wildman–Crippen MR) is 64.3 cm³/mol. The smallest absolute Gasteiger partial charge is 0.120 e. The number of methoxy groups -OCH3 is 1. The topological polar surface area (TPSA) is 49.7 Å². The number of benzene rings is 1. The van der Waals surface area contributed by atoms with Crippen molar-refractivity contribution < 1.29 is 14.9 Å². The first-order valence-electron chi connectivity index (χ1n) is 4.85. The van der Waals surface area contributed by atoms with Gasteiger partial charge in [-0.2, -0.15) is 0 Å². The van der Waals surface area contributed by atoms with Crippen LogP contribution in [-0.4, -0.2) is 29.3 Å². The summed E-state index contributed by atoms with van der Waals surface area (Å²) in [6, 6.07) is 4.85. The molecule has 0 fully saturated rings. The minimum atomic E-state index is -1.01. The molecule has 1 aromatic rings. The molecule has 0 radical (unpaired) electrons. The summed E-state index contributed by atoms with van der Waals surface area (Å²) in [6.45, 7) is 0. The van der Waals surface area contributed by atoms with Crippen molar-refractivity contribution in [3.63, 3.8) is 0 Å². The van der Waals surface area contributed by atoms with Gasteiger partial charge >= 0.3 is 0 Å². The maximum absolute atomic E-state index is 9.84. The molecule has 1 aromatic carbocycles. The van der Waals surface area contributed by atoms with Crippen molar-refractivity contribution in [1.29, 1.82) is 0 Å². The zero-order chi connectivity index (χ0) is 12.1. The number of aliphatic hydroxyl groups excluding tert-OH is 2. The number of aliphatic hydroxyl groups is 2. The van der Waals surface area contributed by atoms with Gasteiger partial charge in [0.1, 0.15) is 11.9 Å². The molecule has 2 atom stereocenters. The van der Waals surface area contributed by atoms with Crippen LogP contribution in [0.15, 0.2) is 18.2 Å². The highest BCUT2D eigenvalue weighted by Crippen LogP contribution is 2.27. The normalized spacial score (nSPS) is 14.6. The molecule has 16 heavy (non-hydrogen) atoms. The predicted octanol–water partition coefficient (Wildman–Crippen LogP) is 2.37. The fourth-order valence-electron chi connectivity index (χ4n) is 1.36. The summed E-state index contributed by atoms with van der Waals surface area (Å²) in [5.74, 6) is 0.829. The van der Waals surface area contributed by atoms with Crippen molar-refractivity contribution in [3.05, 3.63) is 28.8 Å². The first-order valence-corrected chi connectivity index (χ1v) is 5.76. The minimum Gasteiger partial charge on any atom is -0.497 e. The van der Waals surface area contributed by atoms with Gasteiger partial charge in [0.25, 0.3) is 0 Å². The zero-order valence-corrected chi connectivity index (χ0v) is 10.4. The Morgan fingerprint density at radius 2 is 2.00 bits per heavy atom. The van der Waals surface area contributed by atoms with E-state index in [4.69, 9.17) is 27.9 Å². The molecule has 0 aliphatic heterocycles. The molecule has 0 saturated heterocycles. The summed E-state index contributed by atoms with van der Waals surface area (Å²) < 4.78 is 5.02. The van der Waals surface area contributed by atoms with Gasteiger partial charge < -0.3 is 14.9 Å². The Morgan fingerprint density at radius 3 is 2.56 bits per heavy atom. The molecule has 2 unspecified atom stereocenters. The highest BCUT2D eigenvalue weighted by molar-refractivity contribution is 6.30. The van der Waals surface area contributed by atoms with E-state index < -0.39 is 12.2 Å². The van der Waals surface area contributed by atoms with E-state index in [2.05, 4.69) is 0 Å². The van der Waals surface area contributed by atoms with E-state index in [9.17, 15) is 10.2 Å². The van der Waals surface area contributed by atoms with Crippen molar-refractivity contribution in [2.75, 3.05) is 13.0 Å². The summed E-state index contributed by atoms with van der Waals surface area (Å²) >= 11 is 11.4. The Kier molecular flexibility index (Phi) is 5.35. The SMILES string of the molecule is COc1cc(Cl)cc(C(O)C(O)CCCl)c1. The minimum absolute atomic E-state index is 0.288. The van der Waals surface area contributed by atoms with Crippen molar-refractivity contribution in [3.8, 4) is 5.75 Å². The molecule has 0 bridgehead atoms. The molecule has 2 N–H and O–H groups in total. The van der Waals surface area contributed by atoms with Gasteiger partial charge in [0, 0.05) is 10.9 Å². The Bertz CT molecular complexity index is 344. The lowest BCUT2D eigenvalue weighted by Crippen LogP contribution is -2.18. The number of rotatable bonds is 5. The maximum Gasteiger partial charge on any atom is 0.120 e. The summed E-state index contributed by atoms with van der Waals surface area (Å²) in [5.41, 5.74) is 0.516. The highest BCUT2D eigenvalue weighted by Gasteiger charge is 2.18. The van der Waals surface area contributed by atoms with Crippen LogP contribution in [0.4, 0.5) is 0 Å². The fraction of sp³-hybridized carbons (Fsp3) is 0.455. The van der Waals surface area contributed by atoms with Crippen LogP contribution in [0.3, 0.4) is 0 Å². The third-order valence-electron chi connectivity index (χ3n) is 2.24. The van der Waals surface area contributed by atoms with Crippen molar-refractivity contribution in [1.82, 2.24) is 0 Å². The van der Waals surface area contributed by atoms with Gasteiger partial charge in [0.2, 0.25) is 0 Å². The van der Waals surface area contributed by atoms with E-state index in [0.29, 0.717) is 22.8 Å². The molecular formula is C11H14Cl2O3. The number of alkyl halides is 1. The average molecular weight is 265 g/mol. The second-order valence-electron chi connectivity index (χ2n) is 3.41. The largest absolute Gasteiger partial charge is 0.497 e. The van der Waals surface area contributed by atoms with E-state index in [1.165, 1.54) is 7.11 Å². The van der Waals surface area contributed by atoms with E-state index in [0.717, 1.165) is 0 Å². The monoisotopic (exact) mass is 264 g/mol. The molecule has 5 heteroatoms. The Labute approximate surface area is 105 Å². The van der Waals surface area contributed by atoms with Crippen molar-refractivity contribution in [2.45, 2.75) is 18.6 Å². The lowest BCUT2D eigenvalue weighted by atomic mass is 10.0. The molecule has 0 spiro atoms. The van der Waals surface area contributed by atoms with Crippen LogP contribution in [0, 0.1) is 0 Å². The van der Waals surface area contributed by atoms with Crippen LogP contribution >= 0.6 is 23.2 Å². The molecule has 1 rings (SSSR count). The number of hydrogen-bond acceptors (Lipinski definition) is 3. The van der Waals surface area contributed by atoms with Gasteiger partial charge in [0.15, 0.2) is 0 Å². The molecule has 0 saturated carbocycles. The van der Waals surface area contributed by atoms with Crippen LogP contribution in [0.5, 0.6) is 5.75 Å². The first kappa shape index (κ1) is 13.6. The molecule has 0 aliphatic rings. The Morgan fingerprint density at radius 1 is 1.31 bits per heavy atom. The highest BCUT2D eigenvalue weighted by atomic mass is 35.5. The van der Waals surface area contributed by atoms with E-state index in [1.54, 1.807) is 18.2 Å². The third-order valence-corrected chi connectivity index (χ3v) is 2.68.